The van der Waals surface area contributed by atoms with E-state index in [4.69, 9.17) is 0 Å². The first-order valence-corrected chi connectivity index (χ1v) is 4.76. The maximum atomic E-state index is 10.1. The quantitative estimate of drug-likeness (QED) is 0.764. The summed E-state index contributed by atoms with van der Waals surface area (Å²) in [6.07, 6.45) is 5.49. The van der Waals surface area contributed by atoms with Crippen molar-refractivity contribution in [1.29, 1.82) is 0 Å². The predicted octanol–water partition coefficient (Wildman–Crippen LogP) is 1.66. The van der Waals surface area contributed by atoms with E-state index in [2.05, 4.69) is 10.3 Å². The highest BCUT2D eigenvalue weighted by atomic mass is 16.3. The molecule has 0 radical (unpaired) electrons. The second-order valence-corrected chi connectivity index (χ2v) is 3.19. The summed E-state index contributed by atoms with van der Waals surface area (Å²) in [6.45, 7) is 0. The van der Waals surface area contributed by atoms with Crippen LogP contribution in [0.1, 0.15) is 5.56 Å². The monoisotopic (exact) mass is 214 g/mol. The molecule has 0 bridgehead atoms. The number of rotatable bonds is 3. The summed E-state index contributed by atoms with van der Waals surface area (Å²) < 4.78 is 0. The van der Waals surface area contributed by atoms with Gasteiger partial charge in [-0.1, -0.05) is 12.1 Å². The van der Waals surface area contributed by atoms with Crippen molar-refractivity contribution in [2.24, 2.45) is 0 Å². The van der Waals surface area contributed by atoms with E-state index in [1.807, 2.05) is 12.1 Å². The molecule has 2 aromatic rings. The minimum Gasteiger partial charge on any atom is -0.506 e. The van der Waals surface area contributed by atoms with Crippen LogP contribution in [-0.2, 0) is 4.79 Å². The van der Waals surface area contributed by atoms with E-state index in [-0.39, 0.29) is 5.75 Å². The molecule has 2 rings (SSSR count). The number of phenols is 1. The molecule has 1 amide bonds. The Balaban J connectivity index is 2.54. The maximum absolute atomic E-state index is 10.1. The van der Waals surface area contributed by atoms with Crippen LogP contribution in [0.2, 0.25) is 0 Å². The molecule has 1 aromatic carbocycles. The van der Waals surface area contributed by atoms with Gasteiger partial charge < -0.3 is 10.4 Å². The van der Waals surface area contributed by atoms with E-state index in [0.717, 1.165) is 10.9 Å². The summed E-state index contributed by atoms with van der Waals surface area (Å²) in [6, 6.07) is 7.02. The van der Waals surface area contributed by atoms with Crippen molar-refractivity contribution < 1.29 is 9.90 Å². The number of carbonyl (C=O) groups excluding carboxylic acids is 1. The van der Waals surface area contributed by atoms with Gasteiger partial charge in [0.15, 0.2) is 0 Å². The van der Waals surface area contributed by atoms with Gasteiger partial charge in [-0.25, -0.2) is 0 Å². The van der Waals surface area contributed by atoms with Crippen LogP contribution in [0.5, 0.6) is 5.75 Å². The Morgan fingerprint density at radius 3 is 3.00 bits per heavy atom. The van der Waals surface area contributed by atoms with E-state index < -0.39 is 0 Å². The first kappa shape index (κ1) is 10.2. The van der Waals surface area contributed by atoms with E-state index >= 15 is 0 Å². The zero-order valence-corrected chi connectivity index (χ0v) is 8.42. The molecule has 0 saturated heterocycles. The molecule has 1 heterocycles. The molecular weight excluding hydrogens is 204 g/mol. The minimum atomic E-state index is 0.149. The highest BCUT2D eigenvalue weighted by Crippen LogP contribution is 2.25. The summed E-state index contributed by atoms with van der Waals surface area (Å²) in [5, 5.41) is 12.9. The van der Waals surface area contributed by atoms with Crippen molar-refractivity contribution in [1.82, 2.24) is 10.3 Å². The highest BCUT2D eigenvalue weighted by molar-refractivity contribution is 5.91. The van der Waals surface area contributed by atoms with Crippen LogP contribution in [0.15, 0.2) is 36.7 Å². The third kappa shape index (κ3) is 1.86. The molecule has 0 unspecified atom stereocenters. The average molecular weight is 214 g/mol. The number of pyridine rings is 1. The van der Waals surface area contributed by atoms with Crippen molar-refractivity contribution in [3.8, 4) is 5.75 Å². The third-order valence-electron chi connectivity index (χ3n) is 2.21. The number of hydrogen-bond donors (Lipinski definition) is 2. The van der Waals surface area contributed by atoms with Gasteiger partial charge in [0, 0.05) is 17.8 Å². The van der Waals surface area contributed by atoms with Gasteiger partial charge in [-0.15, -0.1) is 0 Å². The van der Waals surface area contributed by atoms with Crippen molar-refractivity contribution in [3.63, 3.8) is 0 Å². The highest BCUT2D eigenvalue weighted by Gasteiger charge is 2.02. The Morgan fingerprint density at radius 1 is 1.31 bits per heavy atom. The zero-order chi connectivity index (χ0) is 11.4. The second-order valence-electron chi connectivity index (χ2n) is 3.19. The Bertz CT molecular complexity index is 550. The summed E-state index contributed by atoms with van der Waals surface area (Å²) in [7, 11) is 0. The molecule has 1 aromatic heterocycles. The van der Waals surface area contributed by atoms with Crippen LogP contribution < -0.4 is 5.32 Å². The fraction of sp³-hybridized carbons (Fsp3) is 0. The molecule has 0 atom stereocenters. The van der Waals surface area contributed by atoms with Crippen molar-refractivity contribution in [3.05, 3.63) is 42.2 Å². The fourth-order valence-corrected chi connectivity index (χ4v) is 1.50. The standard InChI is InChI=1S/C12H10N2O2/c15-8-13-6-4-9-5-7-14-12-10(9)2-1-3-11(12)16/h1-8,16H,(H,13,15). The van der Waals surface area contributed by atoms with Crippen molar-refractivity contribution in [2.45, 2.75) is 0 Å². The van der Waals surface area contributed by atoms with Gasteiger partial charge in [0.2, 0.25) is 6.41 Å². The Morgan fingerprint density at radius 2 is 2.19 bits per heavy atom. The van der Waals surface area contributed by atoms with Crippen LogP contribution in [0.3, 0.4) is 0 Å². The lowest BCUT2D eigenvalue weighted by molar-refractivity contribution is -0.108. The molecule has 16 heavy (non-hydrogen) atoms. The topological polar surface area (TPSA) is 62.2 Å². The van der Waals surface area contributed by atoms with Crippen LogP contribution >= 0.6 is 0 Å². The number of nitrogens with one attached hydrogen (secondary N) is 1. The molecule has 0 aliphatic rings. The van der Waals surface area contributed by atoms with Crippen LogP contribution in [0, 0.1) is 0 Å². The molecule has 0 aliphatic heterocycles. The van der Waals surface area contributed by atoms with E-state index in [1.165, 1.54) is 6.20 Å². The molecule has 2 N–H and O–H groups in total. The van der Waals surface area contributed by atoms with Gasteiger partial charge in [0.1, 0.15) is 11.3 Å². The van der Waals surface area contributed by atoms with Gasteiger partial charge in [0.25, 0.3) is 0 Å². The van der Waals surface area contributed by atoms with Gasteiger partial charge in [0.05, 0.1) is 0 Å². The smallest absolute Gasteiger partial charge is 0.211 e. The van der Waals surface area contributed by atoms with Crippen LogP contribution in [0.4, 0.5) is 0 Å². The number of aromatic hydroxyl groups is 1. The lowest BCUT2D eigenvalue weighted by Gasteiger charge is -2.02. The first-order chi connectivity index (χ1) is 7.83. The van der Waals surface area contributed by atoms with Gasteiger partial charge in [-0.3, -0.25) is 9.78 Å². The van der Waals surface area contributed by atoms with Crippen LogP contribution in [-0.4, -0.2) is 16.5 Å². The summed E-state index contributed by atoms with van der Waals surface area (Å²) in [5.41, 5.74) is 1.44. The summed E-state index contributed by atoms with van der Waals surface area (Å²) in [4.78, 5) is 14.2. The lowest BCUT2D eigenvalue weighted by atomic mass is 10.1. The lowest BCUT2D eigenvalue weighted by Crippen LogP contribution is -1.98. The largest absolute Gasteiger partial charge is 0.506 e. The Kier molecular flexibility index (Phi) is 2.82. The number of carbonyl (C=O) groups is 1. The maximum Gasteiger partial charge on any atom is 0.211 e. The summed E-state index contributed by atoms with van der Waals surface area (Å²) >= 11 is 0. The molecule has 4 heteroatoms. The number of phenolic OH excluding ortho intramolecular Hbond substituents is 1. The number of hydrogen-bond acceptors (Lipinski definition) is 3. The minimum absolute atomic E-state index is 0.149. The fourth-order valence-electron chi connectivity index (χ4n) is 1.50. The number of fused-ring (bicyclic) bond motifs is 1. The predicted molar refractivity (Wildman–Crippen MR) is 61.6 cm³/mol. The zero-order valence-electron chi connectivity index (χ0n) is 8.42. The molecule has 0 fully saturated rings. The van der Waals surface area contributed by atoms with Gasteiger partial charge >= 0.3 is 0 Å². The number of amides is 1. The molecular formula is C12H10N2O2. The normalized spacial score (nSPS) is 10.8. The van der Waals surface area contributed by atoms with Crippen LogP contribution in [0.25, 0.3) is 17.0 Å². The molecule has 80 valence electrons. The van der Waals surface area contributed by atoms with Gasteiger partial charge in [-0.05, 0) is 23.8 Å². The van der Waals surface area contributed by atoms with E-state index in [9.17, 15) is 9.90 Å². The van der Waals surface area contributed by atoms with Gasteiger partial charge in [-0.2, -0.15) is 0 Å². The van der Waals surface area contributed by atoms with Crippen molar-refractivity contribution in [2.75, 3.05) is 0 Å². The SMILES string of the molecule is O=CNC=Cc1ccnc2c(O)cccc12. The average Bonchev–Trinajstić information content (AvgIpc) is 2.31. The van der Waals surface area contributed by atoms with E-state index in [0.29, 0.717) is 11.9 Å². The Labute approximate surface area is 92.2 Å². The van der Waals surface area contributed by atoms with E-state index in [1.54, 1.807) is 24.4 Å². The molecule has 0 saturated carbocycles. The number of aromatic nitrogens is 1. The number of benzene rings is 1. The number of para-hydroxylation sites is 1. The number of nitrogens with zero attached hydrogens (tertiary/aromatic N) is 1. The third-order valence-corrected chi connectivity index (χ3v) is 2.21. The second kappa shape index (κ2) is 4.44. The van der Waals surface area contributed by atoms with Crippen molar-refractivity contribution >= 4 is 23.4 Å². The molecule has 0 aliphatic carbocycles. The molecule has 0 spiro atoms. The Hall–Kier alpha value is -2.36. The molecule has 4 nitrogen and oxygen atoms in total. The summed E-state index contributed by atoms with van der Waals surface area (Å²) in [5.74, 6) is 0.149. The first-order valence-electron chi connectivity index (χ1n) is 4.76.